The van der Waals surface area contributed by atoms with Gasteiger partial charge in [0, 0.05) is 26.4 Å². The minimum absolute atomic E-state index is 0.343. The fourth-order valence-corrected chi connectivity index (χ4v) is 3.53. The van der Waals surface area contributed by atoms with Crippen molar-refractivity contribution in [2.75, 3.05) is 39.3 Å². The van der Waals surface area contributed by atoms with Crippen LogP contribution in [0.25, 0.3) is 22.8 Å². The second-order valence-electron chi connectivity index (χ2n) is 6.79. The zero-order chi connectivity index (χ0) is 20.2. The summed E-state index contributed by atoms with van der Waals surface area (Å²) in [7, 11) is 4.95. The monoisotopic (exact) mass is 396 g/mol. The third kappa shape index (κ3) is 3.88. The zero-order valence-electron chi connectivity index (χ0n) is 16.8. The maximum absolute atomic E-state index is 5.46. The summed E-state index contributed by atoms with van der Waals surface area (Å²) in [4.78, 5) is 11.4. The van der Waals surface area contributed by atoms with Crippen molar-refractivity contribution >= 4 is 5.82 Å². The van der Waals surface area contributed by atoms with Gasteiger partial charge in [-0.25, -0.2) is 4.98 Å². The number of anilines is 1. The maximum Gasteiger partial charge on any atom is 0.259 e. The third-order valence-corrected chi connectivity index (χ3v) is 5.16. The van der Waals surface area contributed by atoms with Crippen LogP contribution in [-0.4, -0.2) is 55.6 Å². The fraction of sp³-hybridized carbons (Fsp3) is 0.381. The Bertz CT molecular complexity index is 950. The molecule has 1 aromatic carbocycles. The van der Waals surface area contributed by atoms with E-state index < -0.39 is 0 Å². The van der Waals surface area contributed by atoms with Gasteiger partial charge in [0.05, 0.1) is 31.5 Å². The van der Waals surface area contributed by atoms with E-state index in [-0.39, 0.29) is 0 Å². The van der Waals surface area contributed by atoms with Gasteiger partial charge in [-0.15, -0.1) is 0 Å². The van der Waals surface area contributed by atoms with Crippen molar-refractivity contribution in [3.8, 4) is 34.3 Å². The number of para-hydroxylation sites is 1. The minimum atomic E-state index is 0.343. The van der Waals surface area contributed by atoms with E-state index in [2.05, 4.69) is 20.0 Å². The summed E-state index contributed by atoms with van der Waals surface area (Å²) < 4.78 is 21.7. The second-order valence-corrected chi connectivity index (χ2v) is 6.79. The van der Waals surface area contributed by atoms with E-state index in [4.69, 9.17) is 18.7 Å². The molecule has 3 aromatic rings. The molecule has 0 unspecified atom stereocenters. The fourth-order valence-electron chi connectivity index (χ4n) is 3.53. The van der Waals surface area contributed by atoms with Crippen LogP contribution in [0.3, 0.4) is 0 Å². The first-order valence-electron chi connectivity index (χ1n) is 9.52. The molecule has 8 nitrogen and oxygen atoms in total. The van der Waals surface area contributed by atoms with Gasteiger partial charge in [0.15, 0.2) is 11.5 Å². The van der Waals surface area contributed by atoms with Crippen LogP contribution in [0.15, 0.2) is 41.1 Å². The van der Waals surface area contributed by atoms with E-state index in [1.165, 1.54) is 0 Å². The number of rotatable bonds is 6. The summed E-state index contributed by atoms with van der Waals surface area (Å²) >= 11 is 0. The van der Waals surface area contributed by atoms with Gasteiger partial charge in [-0.2, -0.15) is 4.98 Å². The van der Waals surface area contributed by atoms with Crippen molar-refractivity contribution in [2.45, 2.75) is 18.9 Å². The predicted octanol–water partition coefficient (Wildman–Crippen LogP) is 3.43. The second kappa shape index (κ2) is 8.48. The first kappa shape index (κ1) is 19.2. The highest BCUT2D eigenvalue weighted by atomic mass is 16.5. The van der Waals surface area contributed by atoms with E-state index in [1.807, 2.05) is 30.3 Å². The van der Waals surface area contributed by atoms with E-state index in [1.54, 1.807) is 27.5 Å². The Morgan fingerprint density at radius 1 is 1.03 bits per heavy atom. The molecule has 1 aliphatic heterocycles. The van der Waals surface area contributed by atoms with Gasteiger partial charge in [0.25, 0.3) is 5.89 Å². The average Bonchev–Trinajstić information content (AvgIpc) is 3.28. The number of ether oxygens (including phenoxy) is 3. The van der Waals surface area contributed by atoms with Crippen molar-refractivity contribution in [1.29, 1.82) is 0 Å². The molecular weight excluding hydrogens is 372 g/mol. The molecule has 0 amide bonds. The Morgan fingerprint density at radius 2 is 1.86 bits per heavy atom. The van der Waals surface area contributed by atoms with Gasteiger partial charge in [-0.1, -0.05) is 11.2 Å². The van der Waals surface area contributed by atoms with Crippen molar-refractivity contribution in [1.82, 2.24) is 15.1 Å². The Morgan fingerprint density at radius 3 is 2.52 bits per heavy atom. The van der Waals surface area contributed by atoms with Crippen LogP contribution < -0.4 is 14.4 Å². The van der Waals surface area contributed by atoms with Gasteiger partial charge in [-0.05, 0) is 37.1 Å². The highest BCUT2D eigenvalue weighted by Gasteiger charge is 2.21. The molecule has 0 spiro atoms. The normalized spacial score (nSPS) is 14.8. The van der Waals surface area contributed by atoms with Gasteiger partial charge < -0.3 is 23.6 Å². The molecule has 1 saturated heterocycles. The molecule has 0 radical (unpaired) electrons. The van der Waals surface area contributed by atoms with Gasteiger partial charge in [0.2, 0.25) is 5.82 Å². The number of methoxy groups -OCH3 is 3. The molecule has 1 aliphatic rings. The lowest BCUT2D eigenvalue weighted by atomic mass is 10.1. The third-order valence-electron chi connectivity index (χ3n) is 5.16. The number of benzene rings is 1. The van der Waals surface area contributed by atoms with Crippen molar-refractivity contribution in [2.24, 2.45) is 0 Å². The molecule has 8 heteroatoms. The highest BCUT2D eigenvalue weighted by Crippen LogP contribution is 2.37. The lowest BCUT2D eigenvalue weighted by molar-refractivity contribution is 0.0818. The smallest absolute Gasteiger partial charge is 0.259 e. The van der Waals surface area contributed by atoms with Crippen molar-refractivity contribution in [3.63, 3.8) is 0 Å². The van der Waals surface area contributed by atoms with E-state index >= 15 is 0 Å². The van der Waals surface area contributed by atoms with Gasteiger partial charge in [-0.3, -0.25) is 0 Å². The number of nitrogens with zero attached hydrogens (tertiary/aromatic N) is 4. The molecule has 4 rings (SSSR count). The van der Waals surface area contributed by atoms with Gasteiger partial charge >= 0.3 is 0 Å². The van der Waals surface area contributed by atoms with Crippen molar-refractivity contribution < 1.29 is 18.7 Å². The predicted molar refractivity (Wildman–Crippen MR) is 108 cm³/mol. The SMILES string of the molecule is COc1cccc(-c2noc(-c3ccc(N4CCC(OC)CC4)nc3)n2)c1OC. The van der Waals surface area contributed by atoms with Crippen LogP contribution in [0, 0.1) is 0 Å². The van der Waals surface area contributed by atoms with Crippen LogP contribution in [-0.2, 0) is 4.74 Å². The Hall–Kier alpha value is -3.13. The molecule has 0 N–H and O–H groups in total. The molecule has 3 heterocycles. The number of hydrogen-bond acceptors (Lipinski definition) is 8. The lowest BCUT2D eigenvalue weighted by Crippen LogP contribution is -2.37. The van der Waals surface area contributed by atoms with Crippen molar-refractivity contribution in [3.05, 3.63) is 36.5 Å². The molecule has 0 aliphatic carbocycles. The van der Waals surface area contributed by atoms with E-state index in [9.17, 15) is 0 Å². The van der Waals surface area contributed by atoms with E-state index in [0.717, 1.165) is 37.3 Å². The Labute approximate surface area is 169 Å². The summed E-state index contributed by atoms with van der Waals surface area (Å²) in [5.74, 6) is 2.95. The number of pyridine rings is 1. The summed E-state index contributed by atoms with van der Waals surface area (Å²) in [5.41, 5.74) is 1.47. The topological polar surface area (TPSA) is 82.7 Å². The molecule has 1 fully saturated rings. The summed E-state index contributed by atoms with van der Waals surface area (Å²) in [6.45, 7) is 1.87. The summed E-state index contributed by atoms with van der Waals surface area (Å²) in [6, 6.07) is 9.47. The average molecular weight is 396 g/mol. The minimum Gasteiger partial charge on any atom is -0.493 e. The maximum atomic E-state index is 5.46. The van der Waals surface area contributed by atoms with Crippen LogP contribution >= 0.6 is 0 Å². The number of aromatic nitrogens is 3. The number of piperidine rings is 1. The largest absolute Gasteiger partial charge is 0.493 e. The highest BCUT2D eigenvalue weighted by molar-refractivity contribution is 5.69. The molecule has 152 valence electrons. The summed E-state index contributed by atoms with van der Waals surface area (Å²) in [6.07, 6.45) is 4.12. The first-order chi connectivity index (χ1) is 14.2. The van der Waals surface area contributed by atoms with Crippen LogP contribution in [0.4, 0.5) is 5.82 Å². The first-order valence-corrected chi connectivity index (χ1v) is 9.52. The van der Waals surface area contributed by atoms with E-state index in [0.29, 0.717) is 34.9 Å². The van der Waals surface area contributed by atoms with Crippen LogP contribution in [0.5, 0.6) is 11.5 Å². The lowest BCUT2D eigenvalue weighted by Gasteiger charge is -2.32. The molecule has 0 atom stereocenters. The molecule has 2 aromatic heterocycles. The molecular formula is C21H24N4O4. The van der Waals surface area contributed by atoms with Crippen LogP contribution in [0.1, 0.15) is 12.8 Å². The molecule has 29 heavy (non-hydrogen) atoms. The zero-order valence-corrected chi connectivity index (χ0v) is 16.8. The Kier molecular flexibility index (Phi) is 5.62. The standard InChI is InChI=1S/C21H24N4O4/c1-26-15-9-11-25(12-10-15)18-8-7-14(13-22-18)21-23-20(24-29-21)16-5-4-6-17(27-2)19(16)28-3/h4-8,13,15H,9-12H2,1-3H3. The van der Waals surface area contributed by atoms with Gasteiger partial charge in [0.1, 0.15) is 5.82 Å². The number of hydrogen-bond donors (Lipinski definition) is 0. The molecule has 0 bridgehead atoms. The molecule has 0 saturated carbocycles. The quantitative estimate of drug-likeness (QED) is 0.627. The Balaban J connectivity index is 1.53. The van der Waals surface area contributed by atoms with Crippen LogP contribution in [0.2, 0.25) is 0 Å². The summed E-state index contributed by atoms with van der Waals surface area (Å²) in [5, 5.41) is 4.10.